The lowest BCUT2D eigenvalue weighted by molar-refractivity contribution is 1.35. The van der Waals surface area contributed by atoms with Gasteiger partial charge in [-0.25, -0.2) is 0 Å². The second kappa shape index (κ2) is 5.69. The average Bonchev–Trinajstić information content (AvgIpc) is 2.62. The Hall–Kier alpha value is -2.93. The van der Waals surface area contributed by atoms with Crippen molar-refractivity contribution in [3.05, 3.63) is 90.6 Å². The van der Waals surface area contributed by atoms with Gasteiger partial charge in [-0.1, -0.05) is 66.7 Å². The Morgan fingerprint density at radius 3 is 2.30 bits per heavy atom. The fourth-order valence-electron chi connectivity index (χ4n) is 3.10. The maximum Gasteiger partial charge on any atom is 0.0780 e. The quantitative estimate of drug-likeness (QED) is 0.450. The highest BCUT2D eigenvalue weighted by atomic mass is 14.7. The number of rotatable bonds is 2. The first kappa shape index (κ1) is 13.7. The van der Waals surface area contributed by atoms with Crippen LogP contribution in [-0.2, 0) is 0 Å². The van der Waals surface area contributed by atoms with Gasteiger partial charge in [0.05, 0.1) is 5.69 Å². The number of fused-ring (bicyclic) bond motifs is 1. The molecular formula is C22H17N. The third-order valence-corrected chi connectivity index (χ3v) is 4.26. The second-order valence-corrected chi connectivity index (χ2v) is 5.78. The molecule has 0 aliphatic heterocycles. The van der Waals surface area contributed by atoms with E-state index in [1.54, 1.807) is 0 Å². The first-order chi connectivity index (χ1) is 11.3. The van der Waals surface area contributed by atoms with Crippen LogP contribution in [0.2, 0.25) is 0 Å². The highest BCUT2D eigenvalue weighted by Gasteiger charge is 2.08. The normalized spacial score (nSPS) is 10.8. The molecule has 0 aliphatic rings. The fourth-order valence-corrected chi connectivity index (χ4v) is 3.10. The van der Waals surface area contributed by atoms with Crippen LogP contribution >= 0.6 is 0 Å². The number of nitrogens with zero attached hydrogens (tertiary/aromatic N) is 1. The molecule has 0 fully saturated rings. The predicted octanol–water partition coefficient (Wildman–Crippen LogP) is 5.88. The molecule has 1 aromatic heterocycles. The summed E-state index contributed by atoms with van der Waals surface area (Å²) in [5.41, 5.74) is 6.00. The molecule has 0 aliphatic carbocycles. The Bertz CT molecular complexity index is 966. The van der Waals surface area contributed by atoms with Crippen molar-refractivity contribution in [3.63, 3.8) is 0 Å². The number of benzene rings is 3. The SMILES string of the molecule is Cc1cc(-c2nccc3ccccc23)ccc1-c1ccccc1. The lowest BCUT2D eigenvalue weighted by atomic mass is 9.96. The summed E-state index contributed by atoms with van der Waals surface area (Å²) in [4.78, 5) is 4.62. The van der Waals surface area contributed by atoms with Crippen molar-refractivity contribution in [1.29, 1.82) is 0 Å². The van der Waals surface area contributed by atoms with E-state index in [-0.39, 0.29) is 0 Å². The van der Waals surface area contributed by atoms with E-state index in [0.29, 0.717) is 0 Å². The van der Waals surface area contributed by atoms with E-state index in [0.717, 1.165) is 5.69 Å². The molecule has 0 spiro atoms. The fraction of sp³-hybridized carbons (Fsp3) is 0.0455. The van der Waals surface area contributed by atoms with Crippen LogP contribution in [0, 0.1) is 6.92 Å². The van der Waals surface area contributed by atoms with E-state index in [4.69, 9.17) is 0 Å². The Labute approximate surface area is 136 Å². The van der Waals surface area contributed by atoms with Crippen molar-refractivity contribution >= 4 is 10.8 Å². The van der Waals surface area contributed by atoms with E-state index in [1.165, 1.54) is 33.0 Å². The van der Waals surface area contributed by atoms with Gasteiger partial charge in [0.1, 0.15) is 0 Å². The minimum atomic E-state index is 1.05. The van der Waals surface area contributed by atoms with Gasteiger partial charge in [-0.3, -0.25) is 4.98 Å². The average molecular weight is 295 g/mol. The standard InChI is InChI=1S/C22H17N/c1-16-15-19(11-12-20(16)17-7-3-2-4-8-17)22-21-10-6-5-9-18(21)13-14-23-22/h2-15H,1H3. The molecule has 0 amide bonds. The van der Waals surface area contributed by atoms with Crippen LogP contribution in [0.1, 0.15) is 5.56 Å². The summed E-state index contributed by atoms with van der Waals surface area (Å²) < 4.78 is 0. The Kier molecular flexibility index (Phi) is 3.39. The highest BCUT2D eigenvalue weighted by molar-refractivity contribution is 5.94. The van der Waals surface area contributed by atoms with Crippen molar-refractivity contribution in [2.45, 2.75) is 6.92 Å². The van der Waals surface area contributed by atoms with Crippen LogP contribution in [0.15, 0.2) is 85.1 Å². The van der Waals surface area contributed by atoms with Gasteiger partial charge in [-0.05, 0) is 41.1 Å². The predicted molar refractivity (Wildman–Crippen MR) is 97.4 cm³/mol. The molecule has 3 aromatic carbocycles. The Morgan fingerprint density at radius 2 is 1.48 bits per heavy atom. The maximum absolute atomic E-state index is 4.62. The van der Waals surface area contributed by atoms with Crippen LogP contribution in [-0.4, -0.2) is 4.98 Å². The van der Waals surface area contributed by atoms with E-state index in [2.05, 4.69) is 84.7 Å². The zero-order chi connectivity index (χ0) is 15.6. The summed E-state index contributed by atoms with van der Waals surface area (Å²) in [6, 6.07) is 27.6. The molecule has 1 heterocycles. The molecule has 4 rings (SSSR count). The second-order valence-electron chi connectivity index (χ2n) is 5.78. The number of pyridine rings is 1. The van der Waals surface area contributed by atoms with Crippen molar-refractivity contribution < 1.29 is 0 Å². The third-order valence-electron chi connectivity index (χ3n) is 4.26. The van der Waals surface area contributed by atoms with Crippen LogP contribution < -0.4 is 0 Å². The van der Waals surface area contributed by atoms with Crippen LogP contribution in [0.4, 0.5) is 0 Å². The zero-order valence-corrected chi connectivity index (χ0v) is 13.0. The van der Waals surface area contributed by atoms with E-state index >= 15 is 0 Å². The summed E-state index contributed by atoms with van der Waals surface area (Å²) in [6.45, 7) is 2.16. The molecule has 4 aromatic rings. The van der Waals surface area contributed by atoms with Crippen LogP contribution in [0.3, 0.4) is 0 Å². The largest absolute Gasteiger partial charge is 0.256 e. The van der Waals surface area contributed by atoms with Crippen molar-refractivity contribution in [2.75, 3.05) is 0 Å². The van der Waals surface area contributed by atoms with Gasteiger partial charge < -0.3 is 0 Å². The lowest BCUT2D eigenvalue weighted by Crippen LogP contribution is -1.89. The molecule has 0 N–H and O–H groups in total. The summed E-state index contributed by atoms with van der Waals surface area (Å²) >= 11 is 0. The minimum absolute atomic E-state index is 1.05. The van der Waals surface area contributed by atoms with E-state index in [1.807, 2.05) is 12.3 Å². The monoisotopic (exact) mass is 295 g/mol. The van der Waals surface area contributed by atoms with Crippen LogP contribution in [0.25, 0.3) is 33.2 Å². The molecule has 1 heteroatoms. The Balaban J connectivity index is 1.86. The molecule has 110 valence electrons. The van der Waals surface area contributed by atoms with Crippen molar-refractivity contribution in [1.82, 2.24) is 4.98 Å². The number of aryl methyl sites for hydroxylation is 1. The van der Waals surface area contributed by atoms with Gasteiger partial charge in [0.2, 0.25) is 0 Å². The third kappa shape index (κ3) is 2.51. The lowest BCUT2D eigenvalue weighted by Gasteiger charge is -2.10. The van der Waals surface area contributed by atoms with Gasteiger partial charge in [0.25, 0.3) is 0 Å². The summed E-state index contributed by atoms with van der Waals surface area (Å²) in [5.74, 6) is 0. The zero-order valence-electron chi connectivity index (χ0n) is 13.0. The molecule has 23 heavy (non-hydrogen) atoms. The highest BCUT2D eigenvalue weighted by Crippen LogP contribution is 2.31. The summed E-state index contributed by atoms with van der Waals surface area (Å²) in [6.07, 6.45) is 1.89. The molecule has 0 unspecified atom stereocenters. The minimum Gasteiger partial charge on any atom is -0.256 e. The maximum atomic E-state index is 4.62. The molecule has 0 radical (unpaired) electrons. The Morgan fingerprint density at radius 1 is 0.696 bits per heavy atom. The molecule has 0 saturated heterocycles. The molecule has 0 bridgehead atoms. The van der Waals surface area contributed by atoms with Crippen LogP contribution in [0.5, 0.6) is 0 Å². The van der Waals surface area contributed by atoms with E-state index in [9.17, 15) is 0 Å². The smallest absolute Gasteiger partial charge is 0.0780 e. The first-order valence-electron chi connectivity index (χ1n) is 7.83. The molecule has 0 saturated carbocycles. The molecule has 0 atom stereocenters. The topological polar surface area (TPSA) is 12.9 Å². The van der Waals surface area contributed by atoms with Gasteiger partial charge >= 0.3 is 0 Å². The van der Waals surface area contributed by atoms with Gasteiger partial charge in [0, 0.05) is 17.1 Å². The number of aromatic nitrogens is 1. The number of hydrogen-bond acceptors (Lipinski definition) is 1. The van der Waals surface area contributed by atoms with Gasteiger partial charge in [0.15, 0.2) is 0 Å². The summed E-state index contributed by atoms with van der Waals surface area (Å²) in [5, 5.41) is 2.42. The summed E-state index contributed by atoms with van der Waals surface area (Å²) in [7, 11) is 0. The van der Waals surface area contributed by atoms with Gasteiger partial charge in [-0.15, -0.1) is 0 Å². The molecular weight excluding hydrogens is 278 g/mol. The van der Waals surface area contributed by atoms with Crippen molar-refractivity contribution in [2.24, 2.45) is 0 Å². The van der Waals surface area contributed by atoms with Gasteiger partial charge in [-0.2, -0.15) is 0 Å². The number of hydrogen-bond donors (Lipinski definition) is 0. The molecule has 1 nitrogen and oxygen atoms in total. The van der Waals surface area contributed by atoms with E-state index < -0.39 is 0 Å². The van der Waals surface area contributed by atoms with Crippen molar-refractivity contribution in [3.8, 4) is 22.4 Å². The first-order valence-corrected chi connectivity index (χ1v) is 7.83.